The van der Waals surface area contributed by atoms with E-state index in [1.54, 1.807) is 30.8 Å². The van der Waals surface area contributed by atoms with E-state index in [1.807, 2.05) is 24.3 Å². The fraction of sp³-hybridized carbons (Fsp3) is 0.133. The zero-order valence-electron chi connectivity index (χ0n) is 11.6. The Hall–Kier alpha value is -2.47. The van der Waals surface area contributed by atoms with E-state index < -0.39 is 0 Å². The van der Waals surface area contributed by atoms with E-state index in [-0.39, 0.29) is 5.91 Å². The summed E-state index contributed by atoms with van der Waals surface area (Å²) in [7, 11) is 1.63. The quantitative estimate of drug-likeness (QED) is 0.805. The van der Waals surface area contributed by atoms with Crippen molar-refractivity contribution in [2.75, 3.05) is 12.4 Å². The van der Waals surface area contributed by atoms with Crippen LogP contribution < -0.4 is 10.1 Å². The second-order valence-corrected chi connectivity index (χ2v) is 5.53. The normalized spacial score (nSPS) is 10.6. The highest BCUT2D eigenvalue weighted by Gasteiger charge is 2.08. The number of fused-ring (bicyclic) bond motifs is 1. The summed E-state index contributed by atoms with van der Waals surface area (Å²) < 4.78 is 6.28. The number of carbonyl (C=O) groups excluding carboxylic acids is 1. The van der Waals surface area contributed by atoms with Crippen molar-refractivity contribution in [2.45, 2.75) is 6.92 Å². The summed E-state index contributed by atoms with van der Waals surface area (Å²) >= 11 is 1.58. The summed E-state index contributed by atoms with van der Waals surface area (Å²) in [6.07, 6.45) is 3.35. The number of ether oxygens (including phenoxy) is 1. The maximum Gasteiger partial charge on any atom is 0.221 e. The second kappa shape index (κ2) is 5.49. The number of methoxy groups -OCH3 is 1. The van der Waals surface area contributed by atoms with E-state index >= 15 is 0 Å². The van der Waals surface area contributed by atoms with Gasteiger partial charge in [-0.05, 0) is 18.2 Å². The number of hydrogen-bond donors (Lipinski definition) is 1. The number of nitrogens with one attached hydrogen (secondary N) is 1. The Kier molecular flexibility index (Phi) is 3.53. The molecule has 106 valence electrons. The monoisotopic (exact) mass is 299 g/mol. The molecule has 0 atom stereocenters. The summed E-state index contributed by atoms with van der Waals surface area (Å²) in [6.45, 7) is 1.47. The molecule has 0 bridgehead atoms. The van der Waals surface area contributed by atoms with Crippen LogP contribution in [0.5, 0.6) is 5.75 Å². The third-order valence-corrected chi connectivity index (χ3v) is 3.99. The van der Waals surface area contributed by atoms with Crippen LogP contribution in [0.25, 0.3) is 20.8 Å². The highest BCUT2D eigenvalue weighted by atomic mass is 32.1. The van der Waals surface area contributed by atoms with Crippen LogP contribution in [0.15, 0.2) is 36.7 Å². The number of carbonyl (C=O) groups is 1. The lowest BCUT2D eigenvalue weighted by Crippen LogP contribution is -2.05. The molecule has 0 radical (unpaired) electrons. The van der Waals surface area contributed by atoms with Crippen LogP contribution in [0, 0.1) is 0 Å². The molecule has 2 heterocycles. The fourth-order valence-electron chi connectivity index (χ4n) is 1.99. The molecule has 1 N–H and O–H groups in total. The van der Waals surface area contributed by atoms with E-state index in [2.05, 4.69) is 15.3 Å². The average Bonchev–Trinajstić information content (AvgIpc) is 2.89. The zero-order valence-corrected chi connectivity index (χ0v) is 12.4. The molecule has 0 spiro atoms. The molecule has 0 aliphatic rings. The lowest BCUT2D eigenvalue weighted by molar-refractivity contribution is -0.114. The van der Waals surface area contributed by atoms with Crippen molar-refractivity contribution >= 4 is 33.1 Å². The number of benzene rings is 1. The molecule has 0 unspecified atom stereocenters. The van der Waals surface area contributed by atoms with E-state index in [0.717, 1.165) is 26.5 Å². The first-order valence-electron chi connectivity index (χ1n) is 6.33. The summed E-state index contributed by atoms with van der Waals surface area (Å²) in [5, 5.41) is 3.58. The summed E-state index contributed by atoms with van der Waals surface area (Å²) in [5.41, 5.74) is 2.43. The van der Waals surface area contributed by atoms with Gasteiger partial charge < -0.3 is 10.1 Å². The van der Waals surface area contributed by atoms with Gasteiger partial charge >= 0.3 is 0 Å². The number of nitrogens with zero attached hydrogens (tertiary/aromatic N) is 2. The van der Waals surface area contributed by atoms with Gasteiger partial charge in [0.15, 0.2) is 0 Å². The molecule has 21 heavy (non-hydrogen) atoms. The highest BCUT2D eigenvalue weighted by Crippen LogP contribution is 2.32. The van der Waals surface area contributed by atoms with Gasteiger partial charge in [0.2, 0.25) is 5.91 Å². The largest absolute Gasteiger partial charge is 0.497 e. The van der Waals surface area contributed by atoms with Gasteiger partial charge in [-0.15, -0.1) is 11.3 Å². The zero-order chi connectivity index (χ0) is 14.8. The Labute approximate surface area is 125 Å². The van der Waals surface area contributed by atoms with Crippen molar-refractivity contribution in [3.05, 3.63) is 36.7 Å². The molecule has 2 aromatic heterocycles. The van der Waals surface area contributed by atoms with E-state index in [4.69, 9.17) is 4.74 Å². The molecule has 1 aromatic carbocycles. The van der Waals surface area contributed by atoms with Crippen LogP contribution in [0.4, 0.5) is 5.69 Å². The smallest absolute Gasteiger partial charge is 0.221 e. The minimum atomic E-state index is -0.122. The predicted molar refractivity (Wildman–Crippen MR) is 83.7 cm³/mol. The van der Waals surface area contributed by atoms with E-state index in [9.17, 15) is 4.79 Å². The van der Waals surface area contributed by atoms with Gasteiger partial charge in [0.05, 0.1) is 29.2 Å². The van der Waals surface area contributed by atoms with Gasteiger partial charge in [-0.2, -0.15) is 0 Å². The number of thiazole rings is 1. The minimum absolute atomic E-state index is 0.122. The lowest BCUT2D eigenvalue weighted by Gasteiger charge is -2.02. The van der Waals surface area contributed by atoms with Crippen molar-refractivity contribution in [1.29, 1.82) is 0 Å². The number of aromatic nitrogens is 2. The number of amides is 1. The molecule has 6 heteroatoms. The molecular formula is C15H13N3O2S. The van der Waals surface area contributed by atoms with Gasteiger partial charge in [0.1, 0.15) is 10.8 Å². The Morgan fingerprint density at radius 3 is 2.90 bits per heavy atom. The number of pyridine rings is 1. The minimum Gasteiger partial charge on any atom is -0.497 e. The van der Waals surface area contributed by atoms with Crippen molar-refractivity contribution in [1.82, 2.24) is 9.97 Å². The first kappa shape index (κ1) is 13.5. The molecule has 3 rings (SSSR count). The van der Waals surface area contributed by atoms with Crippen LogP contribution in [0.2, 0.25) is 0 Å². The van der Waals surface area contributed by atoms with Crippen LogP contribution in [-0.4, -0.2) is 23.0 Å². The molecular weight excluding hydrogens is 286 g/mol. The van der Waals surface area contributed by atoms with E-state index in [1.165, 1.54) is 6.92 Å². The number of rotatable bonds is 3. The molecule has 0 saturated carbocycles. The Balaban J connectivity index is 2.01. The lowest BCUT2D eigenvalue weighted by atomic mass is 10.2. The number of anilines is 1. The topological polar surface area (TPSA) is 64.1 Å². The van der Waals surface area contributed by atoms with Gasteiger partial charge in [0, 0.05) is 24.8 Å². The van der Waals surface area contributed by atoms with Crippen LogP contribution in [0.3, 0.4) is 0 Å². The molecule has 5 nitrogen and oxygen atoms in total. The molecule has 0 aliphatic heterocycles. The van der Waals surface area contributed by atoms with Gasteiger partial charge in [-0.3, -0.25) is 9.78 Å². The second-order valence-electron chi connectivity index (χ2n) is 4.50. The standard InChI is InChI=1S/C15H13N3O2S/c1-9(19)17-11-5-10(7-16-8-11)15-18-13-6-12(20-2)3-4-14(13)21-15/h3-8H,1-2H3,(H,17,19). The molecule has 0 fully saturated rings. The van der Waals surface area contributed by atoms with Crippen molar-refractivity contribution in [3.63, 3.8) is 0 Å². The first-order valence-corrected chi connectivity index (χ1v) is 7.15. The predicted octanol–water partition coefficient (Wildman–Crippen LogP) is 3.33. The molecule has 1 amide bonds. The third-order valence-electron chi connectivity index (χ3n) is 2.90. The summed E-state index contributed by atoms with van der Waals surface area (Å²) in [5.74, 6) is 0.660. The molecule has 0 saturated heterocycles. The van der Waals surface area contributed by atoms with Crippen LogP contribution in [-0.2, 0) is 4.79 Å². The fourth-order valence-corrected chi connectivity index (χ4v) is 2.91. The van der Waals surface area contributed by atoms with Crippen LogP contribution >= 0.6 is 11.3 Å². The van der Waals surface area contributed by atoms with Gasteiger partial charge in [-0.1, -0.05) is 0 Å². The van der Waals surface area contributed by atoms with Crippen molar-refractivity contribution in [3.8, 4) is 16.3 Å². The maximum absolute atomic E-state index is 11.1. The summed E-state index contributed by atoms with van der Waals surface area (Å²) in [6, 6.07) is 7.67. The van der Waals surface area contributed by atoms with Gasteiger partial charge in [-0.25, -0.2) is 4.98 Å². The van der Waals surface area contributed by atoms with Crippen molar-refractivity contribution in [2.24, 2.45) is 0 Å². The number of hydrogen-bond acceptors (Lipinski definition) is 5. The van der Waals surface area contributed by atoms with Crippen LogP contribution in [0.1, 0.15) is 6.92 Å². The third kappa shape index (κ3) is 2.85. The maximum atomic E-state index is 11.1. The SMILES string of the molecule is COc1ccc2sc(-c3cncc(NC(C)=O)c3)nc2c1. The Morgan fingerprint density at radius 2 is 2.14 bits per heavy atom. The molecule has 0 aliphatic carbocycles. The molecule has 3 aromatic rings. The average molecular weight is 299 g/mol. The van der Waals surface area contributed by atoms with E-state index in [0.29, 0.717) is 5.69 Å². The highest BCUT2D eigenvalue weighted by molar-refractivity contribution is 7.21. The Morgan fingerprint density at radius 1 is 1.29 bits per heavy atom. The summed E-state index contributed by atoms with van der Waals surface area (Å²) in [4.78, 5) is 19.8. The van der Waals surface area contributed by atoms with Crippen molar-refractivity contribution < 1.29 is 9.53 Å². The Bertz CT molecular complexity index is 814. The van der Waals surface area contributed by atoms with Gasteiger partial charge in [0.25, 0.3) is 0 Å². The first-order chi connectivity index (χ1) is 10.2.